The number of benzene rings is 1. The normalized spacial score (nSPS) is 22.1. The van der Waals surface area contributed by atoms with Gasteiger partial charge in [0.15, 0.2) is 0 Å². The van der Waals surface area contributed by atoms with Gasteiger partial charge in [-0.1, -0.05) is 18.6 Å². The average molecular weight is 313 g/mol. The molecule has 7 heteroatoms. The smallest absolute Gasteiger partial charge is 0.310 e. The minimum atomic E-state index is -3.59. The number of sulfonamides is 1. The summed E-state index contributed by atoms with van der Waals surface area (Å²) in [7, 11) is -2.31. The molecule has 6 nitrogen and oxygen atoms in total. The largest absolute Gasteiger partial charge is 0.508 e. The van der Waals surface area contributed by atoms with Crippen molar-refractivity contribution in [3.63, 3.8) is 0 Å². The van der Waals surface area contributed by atoms with Gasteiger partial charge in [-0.05, 0) is 30.5 Å². The van der Waals surface area contributed by atoms with Crippen LogP contribution in [-0.4, -0.2) is 31.9 Å². The molecule has 2 N–H and O–H groups in total. The van der Waals surface area contributed by atoms with Crippen LogP contribution in [0.1, 0.15) is 24.8 Å². The van der Waals surface area contributed by atoms with Gasteiger partial charge in [-0.3, -0.25) is 4.79 Å². The Hall–Kier alpha value is -1.60. The fourth-order valence-electron chi connectivity index (χ4n) is 2.62. The van der Waals surface area contributed by atoms with Gasteiger partial charge in [-0.15, -0.1) is 0 Å². The maximum Gasteiger partial charge on any atom is 0.310 e. The summed E-state index contributed by atoms with van der Waals surface area (Å²) in [5.41, 5.74) is 0.740. The summed E-state index contributed by atoms with van der Waals surface area (Å²) in [6, 6.07) is 6.28. The lowest BCUT2D eigenvalue weighted by atomic mass is 10.1. The Kier molecular flexibility index (Phi) is 4.84. The summed E-state index contributed by atoms with van der Waals surface area (Å²) in [6.07, 6.45) is 1.70. The van der Waals surface area contributed by atoms with Gasteiger partial charge in [0.05, 0.1) is 18.3 Å². The summed E-state index contributed by atoms with van der Waals surface area (Å²) in [5, 5.41) is 8.46. The predicted octanol–water partition coefficient (Wildman–Crippen LogP) is 1.15. The Balaban J connectivity index is 2.04. The van der Waals surface area contributed by atoms with Crippen LogP contribution >= 0.6 is 0 Å². The van der Waals surface area contributed by atoms with Gasteiger partial charge in [-0.25, -0.2) is 13.1 Å². The van der Waals surface area contributed by atoms with Crippen molar-refractivity contribution in [1.82, 2.24) is 4.72 Å². The van der Waals surface area contributed by atoms with Crippen LogP contribution in [0, 0.1) is 5.92 Å². The number of aromatic hydroxyl groups is 1. The fourth-order valence-corrected chi connectivity index (χ4v) is 4.36. The van der Waals surface area contributed by atoms with Crippen molar-refractivity contribution in [2.45, 2.75) is 31.1 Å². The predicted molar refractivity (Wildman–Crippen MR) is 77.0 cm³/mol. The van der Waals surface area contributed by atoms with Crippen LogP contribution in [0.3, 0.4) is 0 Å². The summed E-state index contributed by atoms with van der Waals surface area (Å²) in [4.78, 5) is 11.6. The Morgan fingerprint density at radius 2 is 2.00 bits per heavy atom. The number of hydrogen-bond acceptors (Lipinski definition) is 5. The van der Waals surface area contributed by atoms with E-state index in [0.717, 1.165) is 5.56 Å². The first-order valence-corrected chi connectivity index (χ1v) is 8.33. The highest BCUT2D eigenvalue weighted by molar-refractivity contribution is 7.90. The Labute approximate surface area is 124 Å². The number of ether oxygens (including phenoxy) is 1. The van der Waals surface area contributed by atoms with E-state index in [1.54, 1.807) is 12.1 Å². The zero-order chi connectivity index (χ0) is 15.5. The summed E-state index contributed by atoms with van der Waals surface area (Å²) >= 11 is 0. The number of carbonyl (C=O) groups is 1. The number of phenols is 1. The van der Waals surface area contributed by atoms with Gasteiger partial charge in [-0.2, -0.15) is 0 Å². The number of methoxy groups -OCH3 is 1. The number of phenolic OH excluding ortho intramolecular Hbond substituents is 1. The van der Waals surface area contributed by atoms with Crippen molar-refractivity contribution in [3.8, 4) is 5.75 Å². The third kappa shape index (κ3) is 3.74. The van der Waals surface area contributed by atoms with Crippen molar-refractivity contribution in [2.24, 2.45) is 5.92 Å². The van der Waals surface area contributed by atoms with Gasteiger partial charge < -0.3 is 9.84 Å². The molecule has 2 atom stereocenters. The van der Waals surface area contributed by atoms with E-state index in [0.29, 0.717) is 19.3 Å². The highest BCUT2D eigenvalue weighted by Crippen LogP contribution is 2.31. The van der Waals surface area contributed by atoms with Gasteiger partial charge >= 0.3 is 5.97 Å². The lowest BCUT2D eigenvalue weighted by Crippen LogP contribution is -2.39. The number of hydrogen-bond donors (Lipinski definition) is 2. The average Bonchev–Trinajstić information content (AvgIpc) is 2.96. The van der Waals surface area contributed by atoms with Crippen LogP contribution in [0.2, 0.25) is 0 Å². The molecule has 2 rings (SSSR count). The van der Waals surface area contributed by atoms with E-state index in [1.807, 2.05) is 0 Å². The van der Waals surface area contributed by atoms with Crippen LogP contribution < -0.4 is 4.72 Å². The SMILES string of the molecule is COC(=O)C1CCCC1S(=O)(=O)NCc1ccc(O)cc1. The van der Waals surface area contributed by atoms with E-state index >= 15 is 0 Å². The van der Waals surface area contributed by atoms with E-state index in [1.165, 1.54) is 19.2 Å². The van der Waals surface area contributed by atoms with Crippen molar-refractivity contribution in [3.05, 3.63) is 29.8 Å². The third-order valence-electron chi connectivity index (χ3n) is 3.77. The monoisotopic (exact) mass is 313 g/mol. The van der Waals surface area contributed by atoms with E-state index in [2.05, 4.69) is 9.46 Å². The lowest BCUT2D eigenvalue weighted by molar-refractivity contribution is -0.145. The maximum absolute atomic E-state index is 12.3. The number of esters is 1. The zero-order valence-corrected chi connectivity index (χ0v) is 12.6. The quantitative estimate of drug-likeness (QED) is 0.796. The molecule has 0 radical (unpaired) electrons. The van der Waals surface area contributed by atoms with Crippen molar-refractivity contribution in [2.75, 3.05) is 7.11 Å². The van der Waals surface area contributed by atoms with Crippen LogP contribution in [-0.2, 0) is 26.1 Å². The molecule has 1 saturated carbocycles. The van der Waals surface area contributed by atoms with Gasteiger partial charge in [0, 0.05) is 6.54 Å². The highest BCUT2D eigenvalue weighted by atomic mass is 32.2. The van der Waals surface area contributed by atoms with E-state index in [9.17, 15) is 18.3 Å². The molecule has 1 fully saturated rings. The first-order valence-electron chi connectivity index (χ1n) is 6.78. The Morgan fingerprint density at radius 3 is 2.62 bits per heavy atom. The lowest BCUT2D eigenvalue weighted by Gasteiger charge is -2.18. The highest BCUT2D eigenvalue weighted by Gasteiger charge is 2.41. The minimum Gasteiger partial charge on any atom is -0.508 e. The standard InChI is InChI=1S/C14H19NO5S/c1-20-14(17)12-3-2-4-13(12)21(18,19)15-9-10-5-7-11(16)8-6-10/h5-8,12-13,15-16H,2-4,9H2,1H3. The molecule has 116 valence electrons. The fraction of sp³-hybridized carbons (Fsp3) is 0.500. The van der Waals surface area contributed by atoms with Crippen molar-refractivity contribution in [1.29, 1.82) is 0 Å². The molecule has 0 aliphatic heterocycles. The first kappa shape index (κ1) is 15.8. The number of nitrogens with one attached hydrogen (secondary N) is 1. The van der Waals surface area contributed by atoms with Crippen molar-refractivity contribution >= 4 is 16.0 Å². The topological polar surface area (TPSA) is 92.7 Å². The Bertz CT molecular complexity index is 596. The van der Waals surface area contributed by atoms with E-state index < -0.39 is 27.2 Å². The molecule has 21 heavy (non-hydrogen) atoms. The molecule has 0 bridgehead atoms. The van der Waals surface area contributed by atoms with Crippen LogP contribution in [0.15, 0.2) is 24.3 Å². The molecule has 1 aromatic carbocycles. The molecule has 1 aliphatic carbocycles. The van der Waals surface area contributed by atoms with E-state index in [-0.39, 0.29) is 12.3 Å². The molecule has 0 spiro atoms. The second-order valence-electron chi connectivity index (χ2n) is 5.13. The van der Waals surface area contributed by atoms with Gasteiger partial charge in [0.1, 0.15) is 5.75 Å². The molecule has 1 aliphatic rings. The summed E-state index contributed by atoms with van der Waals surface area (Å²) in [6.45, 7) is 0.132. The molecule has 2 unspecified atom stereocenters. The number of rotatable bonds is 5. The molecule has 0 amide bonds. The summed E-state index contributed by atoms with van der Waals surface area (Å²) in [5.74, 6) is -0.928. The second-order valence-corrected chi connectivity index (χ2v) is 7.12. The Morgan fingerprint density at radius 1 is 1.33 bits per heavy atom. The molecular formula is C14H19NO5S. The second kappa shape index (κ2) is 6.44. The first-order chi connectivity index (χ1) is 9.94. The summed E-state index contributed by atoms with van der Waals surface area (Å²) < 4.78 is 31.9. The van der Waals surface area contributed by atoms with E-state index in [4.69, 9.17) is 0 Å². The van der Waals surface area contributed by atoms with Crippen LogP contribution in [0.4, 0.5) is 0 Å². The maximum atomic E-state index is 12.3. The zero-order valence-electron chi connectivity index (χ0n) is 11.8. The van der Waals surface area contributed by atoms with Crippen LogP contribution in [0.5, 0.6) is 5.75 Å². The molecular weight excluding hydrogens is 294 g/mol. The molecule has 0 aromatic heterocycles. The number of carbonyl (C=O) groups excluding carboxylic acids is 1. The van der Waals surface area contributed by atoms with Gasteiger partial charge in [0.2, 0.25) is 10.0 Å². The minimum absolute atomic E-state index is 0.128. The van der Waals surface area contributed by atoms with Crippen molar-refractivity contribution < 1.29 is 23.1 Å². The molecule has 1 aromatic rings. The molecule has 0 saturated heterocycles. The van der Waals surface area contributed by atoms with Gasteiger partial charge in [0.25, 0.3) is 0 Å². The molecule has 0 heterocycles. The third-order valence-corrected chi connectivity index (χ3v) is 5.68. The van der Waals surface area contributed by atoms with Crippen LogP contribution in [0.25, 0.3) is 0 Å².